The Morgan fingerprint density at radius 1 is 1.50 bits per heavy atom. The van der Waals surface area contributed by atoms with Crippen LogP contribution in [0.4, 0.5) is 0 Å². The number of phenols is 1. The highest BCUT2D eigenvalue weighted by Gasteiger charge is 2.15. The molecule has 1 aromatic heterocycles. The number of aromatic amines is 1. The number of aromatic nitrogens is 2. The molecule has 1 heterocycles. The summed E-state index contributed by atoms with van der Waals surface area (Å²) in [5.41, 5.74) is 1.06. The van der Waals surface area contributed by atoms with Crippen molar-refractivity contribution in [2.24, 2.45) is 0 Å². The van der Waals surface area contributed by atoms with Crippen LogP contribution in [0.15, 0.2) is 16.5 Å². The summed E-state index contributed by atoms with van der Waals surface area (Å²) in [7, 11) is 0. The van der Waals surface area contributed by atoms with Gasteiger partial charge in [-0.2, -0.15) is 5.10 Å². The van der Waals surface area contributed by atoms with Gasteiger partial charge in [0.1, 0.15) is 11.5 Å². The molecule has 0 saturated carbocycles. The van der Waals surface area contributed by atoms with Crippen molar-refractivity contribution < 1.29 is 14.6 Å². The Hall–Kier alpha value is -1.38. The molecule has 24 heavy (non-hydrogen) atoms. The first-order chi connectivity index (χ1) is 11.5. The van der Waals surface area contributed by atoms with Crippen molar-refractivity contribution in [3.05, 3.63) is 27.2 Å². The molecule has 1 aromatic carbocycles. The van der Waals surface area contributed by atoms with Gasteiger partial charge in [0.25, 0.3) is 0 Å². The van der Waals surface area contributed by atoms with Crippen LogP contribution in [0.1, 0.15) is 42.6 Å². The normalized spacial score (nSPS) is 10.8. The standard InChI is InChI=1S/C16H20N2O3S3/c1-3-5-12-13(7-6-11(10(2)19)14(12)20)21-8-4-9-23-16-18-17-15(22)24-16/h6-7,20H,3-5,8-9H2,1-2H3,(H,17,22). The highest BCUT2D eigenvalue weighted by atomic mass is 32.2. The fraction of sp³-hybridized carbons (Fsp3) is 0.438. The zero-order chi connectivity index (χ0) is 17.5. The lowest BCUT2D eigenvalue weighted by atomic mass is 10.0. The maximum absolute atomic E-state index is 11.6. The van der Waals surface area contributed by atoms with E-state index in [9.17, 15) is 9.90 Å². The number of nitrogens with one attached hydrogen (secondary N) is 1. The molecular formula is C16H20N2O3S3. The second-order valence-corrected chi connectivity index (χ2v) is 8.18. The largest absolute Gasteiger partial charge is 0.507 e. The van der Waals surface area contributed by atoms with Gasteiger partial charge >= 0.3 is 0 Å². The third kappa shape index (κ3) is 5.06. The van der Waals surface area contributed by atoms with Crippen molar-refractivity contribution in [3.8, 4) is 11.5 Å². The van der Waals surface area contributed by atoms with E-state index in [-0.39, 0.29) is 11.5 Å². The van der Waals surface area contributed by atoms with E-state index >= 15 is 0 Å². The monoisotopic (exact) mass is 384 g/mol. The van der Waals surface area contributed by atoms with Crippen LogP contribution in [0, 0.1) is 3.95 Å². The van der Waals surface area contributed by atoms with Crippen LogP contribution in [0.2, 0.25) is 0 Å². The zero-order valence-electron chi connectivity index (χ0n) is 13.6. The van der Waals surface area contributed by atoms with Crippen molar-refractivity contribution >= 4 is 41.1 Å². The predicted molar refractivity (Wildman–Crippen MR) is 100 cm³/mol. The Morgan fingerprint density at radius 2 is 2.29 bits per heavy atom. The first kappa shape index (κ1) is 19.0. The molecular weight excluding hydrogens is 364 g/mol. The van der Waals surface area contributed by atoms with E-state index < -0.39 is 0 Å². The molecule has 130 valence electrons. The van der Waals surface area contributed by atoms with Crippen LogP contribution in [0.25, 0.3) is 0 Å². The number of ketones is 1. The summed E-state index contributed by atoms with van der Waals surface area (Å²) in [6.45, 7) is 4.02. The number of hydrogen-bond acceptors (Lipinski definition) is 7. The maximum Gasteiger partial charge on any atom is 0.177 e. The van der Waals surface area contributed by atoms with Gasteiger partial charge in [-0.25, -0.2) is 0 Å². The van der Waals surface area contributed by atoms with Gasteiger partial charge in [0.2, 0.25) is 0 Å². The zero-order valence-corrected chi connectivity index (χ0v) is 16.1. The Kier molecular flexibility index (Phi) is 7.26. The summed E-state index contributed by atoms with van der Waals surface area (Å²) in [6.07, 6.45) is 2.39. The second-order valence-electron chi connectivity index (χ2n) is 5.17. The van der Waals surface area contributed by atoms with E-state index in [0.29, 0.717) is 33.9 Å². The molecule has 0 amide bonds. The SMILES string of the molecule is CCCc1c(OCCCSc2n[nH]c(=S)s2)ccc(C(C)=O)c1O. The molecule has 0 bridgehead atoms. The van der Waals surface area contributed by atoms with Gasteiger partial charge in [-0.3, -0.25) is 9.89 Å². The third-order valence-corrected chi connectivity index (χ3v) is 5.63. The van der Waals surface area contributed by atoms with Gasteiger partial charge < -0.3 is 9.84 Å². The van der Waals surface area contributed by atoms with E-state index in [0.717, 1.165) is 22.9 Å². The molecule has 0 saturated heterocycles. The number of ether oxygens (including phenoxy) is 1. The topological polar surface area (TPSA) is 75.2 Å². The second kappa shape index (κ2) is 9.19. The summed E-state index contributed by atoms with van der Waals surface area (Å²) < 4.78 is 7.42. The molecule has 0 fully saturated rings. The molecule has 0 aliphatic rings. The minimum absolute atomic E-state index is 0.0486. The number of phenolic OH excluding ortho intramolecular Hbond substituents is 1. The molecule has 0 atom stereocenters. The van der Waals surface area contributed by atoms with E-state index in [1.54, 1.807) is 23.9 Å². The molecule has 2 aromatic rings. The molecule has 0 unspecified atom stereocenters. The molecule has 0 radical (unpaired) electrons. The van der Waals surface area contributed by atoms with Crippen LogP contribution in [-0.4, -0.2) is 33.4 Å². The fourth-order valence-electron chi connectivity index (χ4n) is 2.21. The summed E-state index contributed by atoms with van der Waals surface area (Å²) >= 11 is 8.09. The van der Waals surface area contributed by atoms with Gasteiger partial charge in [-0.05, 0) is 44.1 Å². The molecule has 0 spiro atoms. The summed E-state index contributed by atoms with van der Waals surface area (Å²) in [5, 5.41) is 17.1. The molecule has 8 heteroatoms. The predicted octanol–water partition coefficient (Wildman–Crippen LogP) is 4.62. The number of H-pyrrole nitrogens is 1. The van der Waals surface area contributed by atoms with E-state index in [1.807, 2.05) is 6.92 Å². The molecule has 0 aliphatic heterocycles. The summed E-state index contributed by atoms with van der Waals surface area (Å²) in [5.74, 6) is 1.43. The number of benzene rings is 1. The average Bonchev–Trinajstić information content (AvgIpc) is 2.95. The number of rotatable bonds is 9. The van der Waals surface area contributed by atoms with Crippen LogP contribution in [-0.2, 0) is 6.42 Å². The van der Waals surface area contributed by atoms with Crippen molar-refractivity contribution in [3.63, 3.8) is 0 Å². The van der Waals surface area contributed by atoms with Crippen LogP contribution in [0.5, 0.6) is 11.5 Å². The molecule has 0 aliphatic carbocycles. The van der Waals surface area contributed by atoms with Crippen LogP contribution >= 0.6 is 35.3 Å². The first-order valence-electron chi connectivity index (χ1n) is 7.69. The fourth-order valence-corrected chi connectivity index (χ4v) is 4.27. The minimum atomic E-state index is -0.144. The lowest BCUT2D eigenvalue weighted by molar-refractivity contribution is 0.101. The quantitative estimate of drug-likeness (QED) is 0.284. The first-order valence-corrected chi connectivity index (χ1v) is 9.90. The maximum atomic E-state index is 11.6. The Bertz CT molecular complexity index is 755. The molecule has 2 N–H and O–H groups in total. The lowest BCUT2D eigenvalue weighted by Gasteiger charge is -2.14. The Labute approximate surface area is 154 Å². The number of Topliss-reactive ketones (excluding diaryl/α,β-unsaturated/α-hetero) is 1. The van der Waals surface area contributed by atoms with Crippen molar-refractivity contribution in [2.75, 3.05) is 12.4 Å². The average molecular weight is 385 g/mol. The summed E-state index contributed by atoms with van der Waals surface area (Å²) in [6, 6.07) is 3.39. The highest BCUT2D eigenvalue weighted by Crippen LogP contribution is 2.33. The number of aromatic hydroxyl groups is 1. The van der Waals surface area contributed by atoms with Crippen LogP contribution < -0.4 is 4.74 Å². The van der Waals surface area contributed by atoms with Crippen molar-refractivity contribution in [1.82, 2.24) is 10.2 Å². The third-order valence-electron chi connectivity index (χ3n) is 3.31. The Balaban J connectivity index is 1.92. The van der Waals surface area contributed by atoms with Crippen molar-refractivity contribution in [1.29, 1.82) is 0 Å². The number of hydrogen-bond donors (Lipinski definition) is 2. The van der Waals surface area contributed by atoms with E-state index in [2.05, 4.69) is 10.2 Å². The van der Waals surface area contributed by atoms with Gasteiger partial charge in [0.15, 0.2) is 14.1 Å². The number of carbonyl (C=O) groups is 1. The molecule has 5 nitrogen and oxygen atoms in total. The van der Waals surface area contributed by atoms with E-state index in [1.165, 1.54) is 18.3 Å². The Morgan fingerprint density at radius 3 is 2.92 bits per heavy atom. The van der Waals surface area contributed by atoms with Crippen LogP contribution in [0.3, 0.4) is 0 Å². The smallest absolute Gasteiger partial charge is 0.177 e. The number of thioether (sulfide) groups is 1. The number of nitrogens with zero attached hydrogens (tertiary/aromatic N) is 1. The minimum Gasteiger partial charge on any atom is -0.507 e. The number of carbonyl (C=O) groups excluding carboxylic acids is 1. The van der Waals surface area contributed by atoms with Gasteiger partial charge in [-0.15, -0.1) is 0 Å². The van der Waals surface area contributed by atoms with Gasteiger partial charge in [0, 0.05) is 11.3 Å². The lowest BCUT2D eigenvalue weighted by Crippen LogP contribution is -2.04. The van der Waals surface area contributed by atoms with Gasteiger partial charge in [0.05, 0.1) is 12.2 Å². The van der Waals surface area contributed by atoms with Crippen molar-refractivity contribution in [2.45, 2.75) is 37.4 Å². The summed E-state index contributed by atoms with van der Waals surface area (Å²) in [4.78, 5) is 11.6. The molecule has 2 rings (SSSR count). The van der Waals surface area contributed by atoms with E-state index in [4.69, 9.17) is 17.0 Å². The van der Waals surface area contributed by atoms with Gasteiger partial charge in [-0.1, -0.05) is 36.4 Å². The highest BCUT2D eigenvalue weighted by molar-refractivity contribution is 8.01.